The van der Waals surface area contributed by atoms with Crippen molar-refractivity contribution in [2.24, 2.45) is 0 Å². The molecule has 22 heavy (non-hydrogen) atoms. The van der Waals surface area contributed by atoms with Gasteiger partial charge in [0.2, 0.25) is 0 Å². The minimum absolute atomic E-state index is 0.309. The molecule has 0 bridgehead atoms. The summed E-state index contributed by atoms with van der Waals surface area (Å²) in [5.41, 5.74) is 0. The fraction of sp³-hybridized carbons (Fsp3) is 0.600. The predicted molar refractivity (Wildman–Crippen MR) is 90.3 cm³/mol. The zero-order valence-corrected chi connectivity index (χ0v) is 14.7. The van der Waals surface area contributed by atoms with Crippen molar-refractivity contribution in [3.63, 3.8) is 0 Å². The fourth-order valence-corrected chi connectivity index (χ4v) is 4.03. The summed E-state index contributed by atoms with van der Waals surface area (Å²) in [4.78, 5) is 3.66. The molecule has 7 heteroatoms. The molecule has 0 aliphatic carbocycles. The van der Waals surface area contributed by atoms with Gasteiger partial charge >= 0.3 is 0 Å². The first-order valence-electron chi connectivity index (χ1n) is 7.55. The summed E-state index contributed by atoms with van der Waals surface area (Å²) in [6.45, 7) is 3.50. The van der Waals surface area contributed by atoms with Gasteiger partial charge in [0.15, 0.2) is 5.16 Å². The molecule has 0 amide bonds. The van der Waals surface area contributed by atoms with Crippen molar-refractivity contribution >= 4 is 23.1 Å². The van der Waals surface area contributed by atoms with E-state index >= 15 is 0 Å². The van der Waals surface area contributed by atoms with E-state index < -0.39 is 0 Å². The summed E-state index contributed by atoms with van der Waals surface area (Å²) in [6, 6.07) is 4.27. The van der Waals surface area contributed by atoms with Crippen molar-refractivity contribution in [1.29, 1.82) is 0 Å². The molecule has 3 heterocycles. The molecule has 2 aromatic heterocycles. The Morgan fingerprint density at radius 3 is 3.05 bits per heavy atom. The first-order valence-corrected chi connectivity index (χ1v) is 9.65. The van der Waals surface area contributed by atoms with Gasteiger partial charge in [-0.05, 0) is 37.6 Å². The van der Waals surface area contributed by atoms with Crippen LogP contribution in [0.2, 0.25) is 0 Å². The minimum Gasteiger partial charge on any atom is -0.376 e. The van der Waals surface area contributed by atoms with Gasteiger partial charge in [0.05, 0.1) is 19.2 Å². The van der Waals surface area contributed by atoms with Gasteiger partial charge < -0.3 is 9.30 Å². The topological polar surface area (TPSA) is 43.2 Å². The molecule has 0 radical (unpaired) electrons. The van der Waals surface area contributed by atoms with Crippen LogP contribution in [0.5, 0.6) is 0 Å². The minimum atomic E-state index is 0.309. The normalized spacial score (nSPS) is 18.4. The second-order valence-corrected chi connectivity index (χ2v) is 7.41. The van der Waals surface area contributed by atoms with E-state index in [0.717, 1.165) is 50.1 Å². The lowest BCUT2D eigenvalue weighted by Crippen LogP contribution is -2.23. The first-order chi connectivity index (χ1) is 10.8. The smallest absolute Gasteiger partial charge is 0.191 e. The predicted octanol–water partition coefficient (Wildman–Crippen LogP) is 2.87. The Morgan fingerprint density at radius 2 is 2.36 bits per heavy atom. The summed E-state index contributed by atoms with van der Waals surface area (Å²) in [5.74, 6) is 1.03. The Hall–Kier alpha value is -0.890. The van der Waals surface area contributed by atoms with Crippen LogP contribution in [0.25, 0.3) is 0 Å². The number of hydrogen-bond acceptors (Lipinski definition) is 6. The average molecular weight is 339 g/mol. The first kappa shape index (κ1) is 16.0. The van der Waals surface area contributed by atoms with Gasteiger partial charge in [-0.1, -0.05) is 17.8 Å². The number of aromatic nitrogens is 3. The van der Waals surface area contributed by atoms with E-state index in [1.54, 1.807) is 23.1 Å². The van der Waals surface area contributed by atoms with Crippen LogP contribution in [-0.4, -0.2) is 45.7 Å². The van der Waals surface area contributed by atoms with Gasteiger partial charge in [-0.15, -0.1) is 21.5 Å². The standard InChI is InChI=1S/C15H22N4OS2/c1-18(10-13-6-4-8-22-13)11-14-16-17-15(21-2)19(14)9-12-5-3-7-20-12/h4,6,8,12H,3,5,7,9-11H2,1-2H3. The third-order valence-corrected chi connectivity index (χ3v) is 5.33. The van der Waals surface area contributed by atoms with Crippen molar-refractivity contribution in [1.82, 2.24) is 19.7 Å². The maximum absolute atomic E-state index is 5.77. The van der Waals surface area contributed by atoms with Crippen molar-refractivity contribution in [2.75, 3.05) is 19.9 Å². The number of ether oxygens (including phenoxy) is 1. The van der Waals surface area contributed by atoms with E-state index in [0.29, 0.717) is 6.10 Å². The van der Waals surface area contributed by atoms with Gasteiger partial charge in [0, 0.05) is 18.0 Å². The molecule has 0 spiro atoms. The highest BCUT2D eigenvalue weighted by molar-refractivity contribution is 7.98. The van der Waals surface area contributed by atoms with Gasteiger partial charge in [0.25, 0.3) is 0 Å². The van der Waals surface area contributed by atoms with E-state index in [1.807, 2.05) is 0 Å². The third kappa shape index (κ3) is 3.90. The Balaban J connectivity index is 1.67. The molecule has 1 saturated heterocycles. The van der Waals surface area contributed by atoms with Gasteiger partial charge in [-0.3, -0.25) is 4.90 Å². The molecule has 0 aromatic carbocycles. The van der Waals surface area contributed by atoms with Crippen LogP contribution in [0.4, 0.5) is 0 Å². The van der Waals surface area contributed by atoms with Crippen molar-refractivity contribution in [3.8, 4) is 0 Å². The molecular weight excluding hydrogens is 316 g/mol. The van der Waals surface area contributed by atoms with E-state index in [2.05, 4.69) is 50.5 Å². The van der Waals surface area contributed by atoms with Gasteiger partial charge in [0.1, 0.15) is 5.82 Å². The monoisotopic (exact) mass is 338 g/mol. The van der Waals surface area contributed by atoms with E-state index in [4.69, 9.17) is 4.74 Å². The molecule has 120 valence electrons. The largest absolute Gasteiger partial charge is 0.376 e. The number of rotatable bonds is 7. The third-order valence-electron chi connectivity index (χ3n) is 3.80. The number of thioether (sulfide) groups is 1. The second-order valence-electron chi connectivity index (χ2n) is 5.60. The van der Waals surface area contributed by atoms with Crippen LogP contribution < -0.4 is 0 Å². The quantitative estimate of drug-likeness (QED) is 0.726. The zero-order chi connectivity index (χ0) is 15.4. The molecule has 1 aliphatic heterocycles. The maximum Gasteiger partial charge on any atom is 0.191 e. The SMILES string of the molecule is CSc1nnc(CN(C)Cc2cccs2)n1CC1CCCO1. The van der Waals surface area contributed by atoms with Crippen LogP contribution in [0.1, 0.15) is 23.5 Å². The fourth-order valence-electron chi connectivity index (χ4n) is 2.73. The van der Waals surface area contributed by atoms with Crippen LogP contribution >= 0.6 is 23.1 Å². The summed E-state index contributed by atoms with van der Waals surface area (Å²) >= 11 is 3.44. The highest BCUT2D eigenvalue weighted by atomic mass is 32.2. The lowest BCUT2D eigenvalue weighted by atomic mass is 10.2. The van der Waals surface area contributed by atoms with E-state index in [1.165, 1.54) is 4.88 Å². The Morgan fingerprint density at radius 1 is 1.45 bits per heavy atom. The maximum atomic E-state index is 5.77. The summed E-state index contributed by atoms with van der Waals surface area (Å²) in [5, 5.41) is 11.8. The van der Waals surface area contributed by atoms with E-state index in [-0.39, 0.29) is 0 Å². The molecule has 1 fully saturated rings. The lowest BCUT2D eigenvalue weighted by molar-refractivity contribution is 0.0934. The molecule has 1 atom stereocenters. The van der Waals surface area contributed by atoms with Crippen LogP contribution in [0.15, 0.2) is 22.7 Å². The molecule has 3 rings (SSSR count). The van der Waals surface area contributed by atoms with Crippen molar-refractivity contribution in [2.45, 2.75) is 43.7 Å². The number of hydrogen-bond donors (Lipinski definition) is 0. The molecule has 2 aromatic rings. The van der Waals surface area contributed by atoms with Crippen LogP contribution in [0, 0.1) is 0 Å². The molecule has 0 N–H and O–H groups in total. The molecule has 1 aliphatic rings. The zero-order valence-electron chi connectivity index (χ0n) is 13.1. The van der Waals surface area contributed by atoms with Crippen LogP contribution in [0.3, 0.4) is 0 Å². The lowest BCUT2D eigenvalue weighted by Gasteiger charge is -2.18. The van der Waals surface area contributed by atoms with Crippen LogP contribution in [-0.2, 0) is 24.4 Å². The molecule has 5 nitrogen and oxygen atoms in total. The summed E-state index contributed by atoms with van der Waals surface area (Å²) in [6.07, 6.45) is 4.66. The second kappa shape index (κ2) is 7.59. The molecular formula is C15H22N4OS2. The Kier molecular flexibility index (Phi) is 5.51. The van der Waals surface area contributed by atoms with Gasteiger partial charge in [-0.2, -0.15) is 0 Å². The average Bonchev–Trinajstić information content (AvgIpc) is 3.23. The Labute approximate surface area is 139 Å². The van der Waals surface area contributed by atoms with Crippen molar-refractivity contribution < 1.29 is 4.74 Å². The number of thiophene rings is 1. The highest BCUT2D eigenvalue weighted by Crippen LogP contribution is 2.21. The highest BCUT2D eigenvalue weighted by Gasteiger charge is 2.21. The summed E-state index contributed by atoms with van der Waals surface area (Å²) < 4.78 is 8.00. The van der Waals surface area contributed by atoms with E-state index in [9.17, 15) is 0 Å². The van der Waals surface area contributed by atoms with Crippen molar-refractivity contribution in [3.05, 3.63) is 28.2 Å². The molecule has 1 unspecified atom stereocenters. The Bertz CT molecular complexity index is 578. The number of nitrogens with zero attached hydrogens (tertiary/aromatic N) is 4. The van der Waals surface area contributed by atoms with Gasteiger partial charge in [-0.25, -0.2) is 0 Å². The molecule has 0 saturated carbocycles. The summed E-state index contributed by atoms with van der Waals surface area (Å²) in [7, 11) is 2.13.